The number of hydrogen-bond acceptors (Lipinski definition) is 3. The van der Waals surface area contributed by atoms with Crippen molar-refractivity contribution in [3.8, 4) is 0 Å². The van der Waals surface area contributed by atoms with Gasteiger partial charge in [-0.2, -0.15) is 0 Å². The number of hydrogen-bond donors (Lipinski definition) is 0. The highest BCUT2D eigenvalue weighted by Crippen LogP contribution is 2.15. The van der Waals surface area contributed by atoms with Crippen LogP contribution < -0.4 is 5.56 Å². The van der Waals surface area contributed by atoms with Crippen molar-refractivity contribution in [2.45, 2.75) is 46.1 Å². The molecule has 5 nitrogen and oxygen atoms in total. The maximum atomic E-state index is 12.2. The Bertz CT molecular complexity index is 536. The van der Waals surface area contributed by atoms with Gasteiger partial charge in [-0.05, 0) is 24.7 Å². The Morgan fingerprint density at radius 1 is 1.50 bits per heavy atom. The van der Waals surface area contributed by atoms with Crippen LogP contribution in [0.5, 0.6) is 0 Å². The summed E-state index contributed by atoms with van der Waals surface area (Å²) in [7, 11) is 0. The molecule has 1 aromatic heterocycles. The van der Waals surface area contributed by atoms with Crippen LogP contribution in [0.2, 0.25) is 0 Å². The highest BCUT2D eigenvalue weighted by molar-refractivity contribution is 5.76. The summed E-state index contributed by atoms with van der Waals surface area (Å²) < 4.78 is 1.40. The number of amides is 1. The highest BCUT2D eigenvalue weighted by Gasteiger charge is 2.21. The molecule has 1 saturated heterocycles. The van der Waals surface area contributed by atoms with Crippen LogP contribution in [0.15, 0.2) is 17.2 Å². The molecule has 0 aromatic carbocycles. The minimum absolute atomic E-state index is 0.0118. The molecule has 1 atom stereocenters. The van der Waals surface area contributed by atoms with Crippen molar-refractivity contribution in [2.24, 2.45) is 5.92 Å². The van der Waals surface area contributed by atoms with Crippen LogP contribution in [0.1, 0.15) is 45.2 Å². The van der Waals surface area contributed by atoms with E-state index in [-0.39, 0.29) is 23.9 Å². The quantitative estimate of drug-likeness (QED) is 0.843. The second-order valence-corrected chi connectivity index (χ2v) is 6.02. The van der Waals surface area contributed by atoms with Crippen LogP contribution in [-0.2, 0) is 11.3 Å². The van der Waals surface area contributed by atoms with Crippen LogP contribution in [0.4, 0.5) is 0 Å². The van der Waals surface area contributed by atoms with Crippen molar-refractivity contribution >= 4 is 5.91 Å². The first-order valence-corrected chi connectivity index (χ1v) is 7.31. The van der Waals surface area contributed by atoms with Gasteiger partial charge in [0.25, 0.3) is 5.56 Å². The lowest BCUT2D eigenvalue weighted by Gasteiger charge is -2.31. The third-order valence-electron chi connectivity index (χ3n) is 3.81. The van der Waals surface area contributed by atoms with Crippen LogP contribution >= 0.6 is 0 Å². The van der Waals surface area contributed by atoms with Gasteiger partial charge in [0.15, 0.2) is 0 Å². The summed E-state index contributed by atoms with van der Waals surface area (Å²) in [5.74, 6) is 0.777. The molecule has 110 valence electrons. The number of carbonyl (C=O) groups is 1. The van der Waals surface area contributed by atoms with Gasteiger partial charge < -0.3 is 4.90 Å². The van der Waals surface area contributed by atoms with Crippen molar-refractivity contribution in [1.82, 2.24) is 14.5 Å². The molecule has 2 rings (SSSR count). The molecule has 1 unspecified atom stereocenters. The highest BCUT2D eigenvalue weighted by atomic mass is 16.2. The van der Waals surface area contributed by atoms with Gasteiger partial charge in [-0.15, -0.1) is 0 Å². The maximum Gasteiger partial charge on any atom is 0.254 e. The molecule has 1 aliphatic rings. The molecule has 1 amide bonds. The number of rotatable bonds is 3. The van der Waals surface area contributed by atoms with Gasteiger partial charge in [0.1, 0.15) is 6.54 Å². The van der Waals surface area contributed by atoms with E-state index >= 15 is 0 Å². The van der Waals surface area contributed by atoms with E-state index in [0.717, 1.165) is 25.2 Å². The van der Waals surface area contributed by atoms with Crippen LogP contribution in [0, 0.1) is 5.92 Å². The lowest BCUT2D eigenvalue weighted by molar-refractivity contribution is -0.133. The summed E-state index contributed by atoms with van der Waals surface area (Å²) in [6, 6.07) is 1.52. The molecule has 0 radical (unpaired) electrons. The van der Waals surface area contributed by atoms with E-state index in [2.05, 4.69) is 11.9 Å². The monoisotopic (exact) mass is 277 g/mol. The third-order valence-corrected chi connectivity index (χ3v) is 3.81. The predicted octanol–water partition coefficient (Wildman–Crippen LogP) is 1.63. The van der Waals surface area contributed by atoms with Gasteiger partial charge in [-0.3, -0.25) is 14.2 Å². The Labute approximate surface area is 119 Å². The standard InChI is InChI=1S/C15H23N3O2/c1-11(2)13-7-14(19)18(10-16-13)9-15(20)17-6-4-5-12(3)8-17/h7,10-12H,4-6,8-9H2,1-3H3. The third kappa shape index (κ3) is 3.46. The first-order valence-electron chi connectivity index (χ1n) is 7.31. The van der Waals surface area contributed by atoms with Gasteiger partial charge in [-0.1, -0.05) is 20.8 Å². The second kappa shape index (κ2) is 6.20. The minimum atomic E-state index is -0.151. The molecule has 0 spiro atoms. The lowest BCUT2D eigenvalue weighted by atomic mass is 10.0. The van der Waals surface area contributed by atoms with Gasteiger partial charge in [0, 0.05) is 19.2 Å². The summed E-state index contributed by atoms with van der Waals surface area (Å²) in [5, 5.41) is 0. The molecule has 1 fully saturated rings. The van der Waals surface area contributed by atoms with E-state index in [1.165, 1.54) is 23.4 Å². The van der Waals surface area contributed by atoms with Gasteiger partial charge in [0.2, 0.25) is 5.91 Å². The molecule has 1 aliphatic heterocycles. The topological polar surface area (TPSA) is 55.2 Å². The molecule has 0 saturated carbocycles. The maximum absolute atomic E-state index is 12.2. The molecule has 0 aliphatic carbocycles. The molecule has 20 heavy (non-hydrogen) atoms. The van der Waals surface area contributed by atoms with Crippen molar-refractivity contribution in [2.75, 3.05) is 13.1 Å². The summed E-state index contributed by atoms with van der Waals surface area (Å²) in [6.07, 6.45) is 3.71. The Kier molecular flexibility index (Phi) is 4.57. The first kappa shape index (κ1) is 14.8. The number of aromatic nitrogens is 2. The summed E-state index contributed by atoms with van der Waals surface area (Å²) >= 11 is 0. The van der Waals surface area contributed by atoms with Gasteiger partial charge in [0.05, 0.1) is 12.0 Å². The average molecular weight is 277 g/mol. The molecular weight excluding hydrogens is 254 g/mol. The van der Waals surface area contributed by atoms with Gasteiger partial charge in [-0.25, -0.2) is 4.98 Å². The zero-order valence-corrected chi connectivity index (χ0v) is 12.5. The number of nitrogens with zero attached hydrogens (tertiary/aromatic N) is 3. The SMILES string of the molecule is CC1CCCN(C(=O)Cn2cnc(C(C)C)cc2=O)C1. The number of carbonyl (C=O) groups excluding carboxylic acids is 1. The van der Waals surface area contributed by atoms with Crippen molar-refractivity contribution < 1.29 is 4.79 Å². The van der Waals surface area contributed by atoms with E-state index in [9.17, 15) is 9.59 Å². The Morgan fingerprint density at radius 2 is 2.25 bits per heavy atom. The molecule has 2 heterocycles. The zero-order valence-electron chi connectivity index (χ0n) is 12.5. The smallest absolute Gasteiger partial charge is 0.254 e. The van der Waals surface area contributed by atoms with E-state index in [1.54, 1.807) is 0 Å². The Morgan fingerprint density at radius 3 is 2.85 bits per heavy atom. The normalized spacial score (nSPS) is 19.4. The van der Waals surface area contributed by atoms with Crippen LogP contribution in [0.3, 0.4) is 0 Å². The Hall–Kier alpha value is -1.65. The average Bonchev–Trinajstić information content (AvgIpc) is 2.40. The summed E-state index contributed by atoms with van der Waals surface area (Å²) in [5.41, 5.74) is 0.618. The number of piperidine rings is 1. The minimum Gasteiger partial charge on any atom is -0.341 e. The fraction of sp³-hybridized carbons (Fsp3) is 0.667. The molecule has 0 N–H and O–H groups in total. The van der Waals surface area contributed by atoms with Crippen molar-refractivity contribution in [3.63, 3.8) is 0 Å². The molecule has 1 aromatic rings. The van der Waals surface area contributed by atoms with E-state index < -0.39 is 0 Å². The molecular formula is C15H23N3O2. The fourth-order valence-corrected chi connectivity index (χ4v) is 2.54. The van der Waals surface area contributed by atoms with Gasteiger partial charge >= 0.3 is 0 Å². The Balaban J connectivity index is 2.06. The lowest BCUT2D eigenvalue weighted by Crippen LogP contribution is -2.42. The zero-order chi connectivity index (χ0) is 14.7. The van der Waals surface area contributed by atoms with E-state index in [1.807, 2.05) is 18.7 Å². The van der Waals surface area contributed by atoms with Crippen molar-refractivity contribution in [1.29, 1.82) is 0 Å². The number of likely N-dealkylation sites (tertiary alicyclic amines) is 1. The second-order valence-electron chi connectivity index (χ2n) is 6.02. The fourth-order valence-electron chi connectivity index (χ4n) is 2.54. The largest absolute Gasteiger partial charge is 0.341 e. The van der Waals surface area contributed by atoms with Crippen LogP contribution in [0.25, 0.3) is 0 Å². The molecule has 0 bridgehead atoms. The summed E-state index contributed by atoms with van der Waals surface area (Å²) in [4.78, 5) is 30.3. The summed E-state index contributed by atoms with van der Waals surface area (Å²) in [6.45, 7) is 7.83. The van der Waals surface area contributed by atoms with E-state index in [4.69, 9.17) is 0 Å². The first-order chi connectivity index (χ1) is 9.47. The predicted molar refractivity (Wildman–Crippen MR) is 77.6 cm³/mol. The van der Waals surface area contributed by atoms with E-state index in [0.29, 0.717) is 5.92 Å². The van der Waals surface area contributed by atoms with Crippen molar-refractivity contribution in [3.05, 3.63) is 28.4 Å². The van der Waals surface area contributed by atoms with Crippen LogP contribution in [-0.4, -0.2) is 33.4 Å². The molecule has 5 heteroatoms.